The van der Waals surface area contributed by atoms with Crippen molar-refractivity contribution in [3.63, 3.8) is 0 Å². The smallest absolute Gasteiger partial charge is 0.137 e. The van der Waals surface area contributed by atoms with E-state index in [0.717, 1.165) is 32.7 Å². The number of aromatic nitrogens is 2. The molecule has 0 radical (unpaired) electrons. The van der Waals surface area contributed by atoms with Gasteiger partial charge in [-0.2, -0.15) is 0 Å². The number of aromatic amines is 1. The van der Waals surface area contributed by atoms with E-state index in [1.165, 1.54) is 0 Å². The highest BCUT2D eigenvalue weighted by Crippen LogP contribution is 2.29. The lowest BCUT2D eigenvalue weighted by molar-refractivity contribution is 1.33. The minimum Gasteiger partial charge on any atom is -0.346 e. The molecule has 1 aromatic carbocycles. The maximum atomic E-state index is 6.17. The van der Waals surface area contributed by atoms with Crippen molar-refractivity contribution in [3.8, 4) is 11.1 Å². The van der Waals surface area contributed by atoms with Crippen LogP contribution in [-0.2, 0) is 0 Å². The van der Waals surface area contributed by atoms with E-state index in [2.05, 4.69) is 16.0 Å². The zero-order valence-corrected chi connectivity index (χ0v) is 10.1. The van der Waals surface area contributed by atoms with Crippen molar-refractivity contribution in [1.82, 2.24) is 9.97 Å². The van der Waals surface area contributed by atoms with E-state index in [0.29, 0.717) is 0 Å². The summed E-state index contributed by atoms with van der Waals surface area (Å²) in [5, 5.41) is 1.91. The Morgan fingerprint density at radius 3 is 2.88 bits per heavy atom. The Labute approximate surface area is 104 Å². The fourth-order valence-electron chi connectivity index (χ4n) is 1.97. The molecular formula is C14H11ClN2. The van der Waals surface area contributed by atoms with Crippen molar-refractivity contribution in [2.45, 2.75) is 6.92 Å². The molecule has 1 N–H and O–H groups in total. The molecule has 3 aromatic rings. The summed E-state index contributed by atoms with van der Waals surface area (Å²) in [5.74, 6) is 0. The first-order valence-corrected chi connectivity index (χ1v) is 5.82. The van der Waals surface area contributed by atoms with Crippen LogP contribution in [0.25, 0.3) is 22.2 Å². The molecule has 17 heavy (non-hydrogen) atoms. The monoisotopic (exact) mass is 242 g/mol. The Kier molecular flexibility index (Phi) is 2.37. The van der Waals surface area contributed by atoms with Crippen molar-refractivity contribution < 1.29 is 0 Å². The van der Waals surface area contributed by atoms with Gasteiger partial charge in [0.1, 0.15) is 5.65 Å². The minimum absolute atomic E-state index is 0.794. The molecule has 0 saturated carbocycles. The molecule has 2 aromatic heterocycles. The third kappa shape index (κ3) is 1.71. The van der Waals surface area contributed by atoms with E-state index in [4.69, 9.17) is 11.6 Å². The van der Waals surface area contributed by atoms with E-state index in [1.807, 2.05) is 43.6 Å². The number of aryl methyl sites for hydroxylation is 1. The zero-order valence-electron chi connectivity index (χ0n) is 9.37. The quantitative estimate of drug-likeness (QED) is 0.681. The van der Waals surface area contributed by atoms with Gasteiger partial charge in [-0.3, -0.25) is 0 Å². The number of hydrogen-bond donors (Lipinski definition) is 1. The van der Waals surface area contributed by atoms with Crippen LogP contribution in [0.3, 0.4) is 0 Å². The van der Waals surface area contributed by atoms with Crippen LogP contribution in [0.1, 0.15) is 5.56 Å². The van der Waals surface area contributed by atoms with Gasteiger partial charge >= 0.3 is 0 Å². The Bertz CT molecular complexity index is 686. The van der Waals surface area contributed by atoms with Crippen LogP contribution in [0, 0.1) is 6.92 Å². The summed E-state index contributed by atoms with van der Waals surface area (Å²) in [7, 11) is 0. The molecule has 0 atom stereocenters. The molecule has 0 fully saturated rings. The predicted molar refractivity (Wildman–Crippen MR) is 71.3 cm³/mol. The molecule has 0 aliphatic heterocycles. The number of halogens is 1. The highest BCUT2D eigenvalue weighted by molar-refractivity contribution is 6.31. The average Bonchev–Trinajstić information content (AvgIpc) is 2.80. The van der Waals surface area contributed by atoms with E-state index in [1.54, 1.807) is 0 Å². The molecule has 0 aliphatic rings. The summed E-state index contributed by atoms with van der Waals surface area (Å²) < 4.78 is 0. The number of nitrogens with one attached hydrogen (secondary N) is 1. The Balaban J connectivity index is 2.26. The zero-order chi connectivity index (χ0) is 11.8. The second-order valence-electron chi connectivity index (χ2n) is 4.06. The molecule has 2 nitrogen and oxygen atoms in total. The predicted octanol–water partition coefficient (Wildman–Crippen LogP) is 4.19. The third-order valence-corrected chi connectivity index (χ3v) is 3.35. The number of benzene rings is 1. The van der Waals surface area contributed by atoms with Gasteiger partial charge in [0, 0.05) is 22.8 Å². The fourth-order valence-corrected chi connectivity index (χ4v) is 2.15. The van der Waals surface area contributed by atoms with Crippen LogP contribution in [0.5, 0.6) is 0 Å². The normalized spacial score (nSPS) is 10.9. The molecule has 3 heteroatoms. The maximum absolute atomic E-state index is 6.17. The molecule has 0 saturated heterocycles. The Hall–Kier alpha value is -1.80. The van der Waals surface area contributed by atoms with Crippen LogP contribution in [0.4, 0.5) is 0 Å². The second kappa shape index (κ2) is 3.90. The van der Waals surface area contributed by atoms with E-state index in [-0.39, 0.29) is 0 Å². The lowest BCUT2D eigenvalue weighted by atomic mass is 10.0. The number of H-pyrrole nitrogens is 1. The Morgan fingerprint density at radius 1 is 1.18 bits per heavy atom. The molecule has 0 unspecified atom stereocenters. The third-order valence-electron chi connectivity index (χ3n) is 2.94. The first kappa shape index (κ1) is 10.4. The van der Waals surface area contributed by atoms with E-state index >= 15 is 0 Å². The van der Waals surface area contributed by atoms with Crippen LogP contribution >= 0.6 is 11.6 Å². The summed E-state index contributed by atoms with van der Waals surface area (Å²) >= 11 is 6.17. The number of fused-ring (bicyclic) bond motifs is 1. The topological polar surface area (TPSA) is 28.7 Å². The molecule has 2 heterocycles. The van der Waals surface area contributed by atoms with Crippen molar-refractivity contribution in [1.29, 1.82) is 0 Å². The number of nitrogens with zero attached hydrogens (tertiary/aromatic N) is 1. The van der Waals surface area contributed by atoms with E-state index < -0.39 is 0 Å². The minimum atomic E-state index is 0.794. The van der Waals surface area contributed by atoms with Crippen LogP contribution in [0.2, 0.25) is 5.02 Å². The average molecular weight is 243 g/mol. The van der Waals surface area contributed by atoms with Crippen molar-refractivity contribution in [2.24, 2.45) is 0 Å². The van der Waals surface area contributed by atoms with Gasteiger partial charge in [0.05, 0.1) is 0 Å². The molecule has 0 spiro atoms. The van der Waals surface area contributed by atoms with Crippen LogP contribution < -0.4 is 0 Å². The van der Waals surface area contributed by atoms with E-state index in [9.17, 15) is 0 Å². The molecule has 0 bridgehead atoms. The SMILES string of the molecule is Cc1ccc(-c2ccnc3[nH]ccc23)cc1Cl. The summed E-state index contributed by atoms with van der Waals surface area (Å²) in [4.78, 5) is 7.39. The molecule has 0 amide bonds. The van der Waals surface area contributed by atoms with Crippen molar-refractivity contribution in [2.75, 3.05) is 0 Å². The molecule has 84 valence electrons. The summed E-state index contributed by atoms with van der Waals surface area (Å²) in [6, 6.07) is 10.2. The summed E-state index contributed by atoms with van der Waals surface area (Å²) in [6.07, 6.45) is 3.71. The first-order chi connectivity index (χ1) is 8.25. The van der Waals surface area contributed by atoms with Gasteiger partial charge in [-0.25, -0.2) is 4.98 Å². The van der Waals surface area contributed by atoms with Crippen molar-refractivity contribution in [3.05, 3.63) is 53.3 Å². The maximum Gasteiger partial charge on any atom is 0.137 e. The van der Waals surface area contributed by atoms with Gasteiger partial charge in [-0.05, 0) is 41.8 Å². The first-order valence-electron chi connectivity index (χ1n) is 5.44. The lowest BCUT2D eigenvalue weighted by Crippen LogP contribution is -1.83. The van der Waals surface area contributed by atoms with Gasteiger partial charge in [-0.1, -0.05) is 23.7 Å². The number of pyridine rings is 1. The largest absolute Gasteiger partial charge is 0.346 e. The van der Waals surface area contributed by atoms with Gasteiger partial charge in [0.25, 0.3) is 0 Å². The summed E-state index contributed by atoms with van der Waals surface area (Å²) in [5.41, 5.74) is 4.26. The standard InChI is InChI=1S/C14H11ClN2/c1-9-2-3-10(8-13(9)15)11-4-6-16-14-12(11)5-7-17-14/h2-8H,1H3,(H,16,17). The fraction of sp³-hybridized carbons (Fsp3) is 0.0714. The van der Waals surface area contributed by atoms with Gasteiger partial charge in [0.2, 0.25) is 0 Å². The highest BCUT2D eigenvalue weighted by atomic mass is 35.5. The van der Waals surface area contributed by atoms with Gasteiger partial charge < -0.3 is 4.98 Å². The van der Waals surface area contributed by atoms with Gasteiger partial charge in [-0.15, -0.1) is 0 Å². The highest BCUT2D eigenvalue weighted by Gasteiger charge is 2.06. The second-order valence-corrected chi connectivity index (χ2v) is 4.47. The van der Waals surface area contributed by atoms with Crippen LogP contribution in [0.15, 0.2) is 42.7 Å². The molecular weight excluding hydrogens is 232 g/mol. The van der Waals surface area contributed by atoms with Crippen molar-refractivity contribution >= 4 is 22.6 Å². The Morgan fingerprint density at radius 2 is 2.06 bits per heavy atom. The molecule has 0 aliphatic carbocycles. The lowest BCUT2D eigenvalue weighted by Gasteiger charge is -2.05. The number of hydrogen-bond acceptors (Lipinski definition) is 1. The molecule has 3 rings (SSSR count). The number of rotatable bonds is 1. The summed E-state index contributed by atoms with van der Waals surface area (Å²) in [6.45, 7) is 2.00. The van der Waals surface area contributed by atoms with Crippen LogP contribution in [-0.4, -0.2) is 9.97 Å². The van der Waals surface area contributed by atoms with Gasteiger partial charge in [0.15, 0.2) is 0 Å².